The van der Waals surface area contributed by atoms with E-state index in [-0.39, 0.29) is 0 Å². The fourth-order valence-electron chi connectivity index (χ4n) is 6.52. The second-order valence-electron chi connectivity index (χ2n) is 12.3. The first-order chi connectivity index (χ1) is 23.6. The van der Waals surface area contributed by atoms with Gasteiger partial charge in [-0.3, -0.25) is 9.97 Å². The van der Waals surface area contributed by atoms with Gasteiger partial charge in [-0.1, -0.05) is 104 Å². The highest BCUT2D eigenvalue weighted by molar-refractivity contribution is 6.08. The van der Waals surface area contributed by atoms with E-state index >= 15 is 0 Å². The molecule has 48 heavy (non-hydrogen) atoms. The van der Waals surface area contributed by atoms with Crippen LogP contribution in [0.1, 0.15) is 36.6 Å². The summed E-state index contributed by atoms with van der Waals surface area (Å²) < 4.78 is 0. The lowest BCUT2D eigenvalue weighted by molar-refractivity contribution is 0.792. The largest absolute Gasteiger partial charge is 0.254 e. The molecule has 0 unspecified atom stereocenters. The minimum Gasteiger partial charge on any atom is -0.254 e. The van der Waals surface area contributed by atoms with Gasteiger partial charge in [0, 0.05) is 50.3 Å². The van der Waals surface area contributed by atoms with Gasteiger partial charge in [0.05, 0.1) is 22.2 Å². The Kier molecular flexibility index (Phi) is 7.61. The molecule has 0 radical (unpaired) electrons. The fourth-order valence-corrected chi connectivity index (χ4v) is 6.52. The average molecular weight is 623 g/mol. The monoisotopic (exact) mass is 622 g/mol. The maximum Gasteiger partial charge on any atom is 0.164 e. The third kappa shape index (κ3) is 5.35. The predicted molar refractivity (Wildman–Crippen MR) is 196 cm³/mol. The topological polar surface area (TPSA) is 77.3 Å². The van der Waals surface area contributed by atoms with Crippen LogP contribution in [0.5, 0.6) is 0 Å². The van der Waals surface area contributed by atoms with Crippen LogP contribution in [-0.4, -0.2) is 29.9 Å². The van der Waals surface area contributed by atoms with Crippen molar-refractivity contribution in [1.82, 2.24) is 29.9 Å². The number of pyridine rings is 3. The number of aryl methyl sites for hydroxylation is 3. The van der Waals surface area contributed by atoms with Gasteiger partial charge >= 0.3 is 0 Å². The quantitative estimate of drug-likeness (QED) is 0.165. The fraction of sp³-hybridized carbons (Fsp3) is 0.143. The van der Waals surface area contributed by atoms with Crippen LogP contribution >= 0.6 is 0 Å². The van der Waals surface area contributed by atoms with Crippen LogP contribution in [0, 0.1) is 13.8 Å². The molecule has 8 rings (SSSR count). The number of rotatable bonds is 7. The molecule has 4 aromatic carbocycles. The zero-order valence-corrected chi connectivity index (χ0v) is 27.3. The van der Waals surface area contributed by atoms with Crippen molar-refractivity contribution >= 4 is 32.7 Å². The third-order valence-corrected chi connectivity index (χ3v) is 9.04. The summed E-state index contributed by atoms with van der Waals surface area (Å²) in [5, 5.41) is 3.00. The lowest BCUT2D eigenvalue weighted by Gasteiger charge is -2.15. The number of aromatic nitrogens is 6. The Morgan fingerprint density at radius 2 is 1.21 bits per heavy atom. The van der Waals surface area contributed by atoms with Crippen molar-refractivity contribution in [3.8, 4) is 45.4 Å². The molecular formula is C42H34N6. The average Bonchev–Trinajstić information content (AvgIpc) is 3.14. The number of fused-ring (bicyclic) bond motifs is 4. The Balaban J connectivity index is 1.43. The third-order valence-electron chi connectivity index (χ3n) is 9.04. The van der Waals surface area contributed by atoms with Gasteiger partial charge in [-0.15, -0.1) is 0 Å². The Morgan fingerprint density at radius 3 is 1.96 bits per heavy atom. The van der Waals surface area contributed by atoms with E-state index in [0.717, 1.165) is 85.6 Å². The molecule has 232 valence electrons. The van der Waals surface area contributed by atoms with E-state index < -0.39 is 0 Å². The zero-order valence-electron chi connectivity index (χ0n) is 27.3. The molecule has 8 aromatic rings. The standard InChI is InChI=1S/C42H34N6/c1-4-5-13-28-19-21-32-34(24-26(2)44-37(32)27(28)3)41-46-40(31-16-10-7-11-17-31)47-42(48-41)35-25-36(29-14-8-6-9-15-29)45-39-33(35)22-20-30-18-12-23-43-38(30)39/h6-12,14-25H,4-5,13H2,1-3H3. The molecular weight excluding hydrogens is 589 g/mol. The van der Waals surface area contributed by atoms with Crippen molar-refractivity contribution in [2.24, 2.45) is 0 Å². The molecule has 0 saturated carbocycles. The van der Waals surface area contributed by atoms with E-state index in [0.29, 0.717) is 17.5 Å². The molecule has 0 spiro atoms. The smallest absolute Gasteiger partial charge is 0.164 e. The van der Waals surface area contributed by atoms with Crippen molar-refractivity contribution in [3.63, 3.8) is 0 Å². The molecule has 0 amide bonds. The maximum atomic E-state index is 5.26. The summed E-state index contributed by atoms with van der Waals surface area (Å²) in [7, 11) is 0. The van der Waals surface area contributed by atoms with E-state index in [2.05, 4.69) is 68.4 Å². The minimum atomic E-state index is 0.581. The van der Waals surface area contributed by atoms with Gasteiger partial charge in [-0.2, -0.15) is 0 Å². The van der Waals surface area contributed by atoms with Crippen LogP contribution in [0.15, 0.2) is 115 Å². The lowest BCUT2D eigenvalue weighted by Crippen LogP contribution is -2.03. The van der Waals surface area contributed by atoms with Crippen molar-refractivity contribution in [2.45, 2.75) is 40.0 Å². The van der Waals surface area contributed by atoms with Crippen molar-refractivity contribution < 1.29 is 0 Å². The van der Waals surface area contributed by atoms with E-state index in [1.165, 1.54) is 11.1 Å². The summed E-state index contributed by atoms with van der Waals surface area (Å²) >= 11 is 0. The Hall–Kier alpha value is -5.88. The van der Waals surface area contributed by atoms with Crippen LogP contribution in [0.2, 0.25) is 0 Å². The van der Waals surface area contributed by atoms with Gasteiger partial charge in [0.25, 0.3) is 0 Å². The van der Waals surface area contributed by atoms with Gasteiger partial charge in [-0.05, 0) is 56.0 Å². The Labute approximate surface area is 279 Å². The van der Waals surface area contributed by atoms with E-state index in [1.807, 2.05) is 67.7 Å². The summed E-state index contributed by atoms with van der Waals surface area (Å²) in [6.45, 7) is 6.46. The first kappa shape index (κ1) is 29.5. The highest BCUT2D eigenvalue weighted by atomic mass is 15.0. The maximum absolute atomic E-state index is 5.26. The molecule has 6 heteroatoms. The Morgan fingerprint density at radius 1 is 0.542 bits per heavy atom. The molecule has 0 aliphatic rings. The van der Waals surface area contributed by atoms with Crippen molar-refractivity contribution in [1.29, 1.82) is 0 Å². The van der Waals surface area contributed by atoms with Gasteiger partial charge in [0.1, 0.15) is 0 Å². The zero-order chi connectivity index (χ0) is 32.6. The Bertz CT molecular complexity index is 2460. The number of unbranched alkanes of at least 4 members (excludes halogenated alkanes) is 1. The summed E-state index contributed by atoms with van der Waals surface area (Å²) in [6, 6.07) is 37.2. The SMILES string of the molecule is CCCCc1ccc2c(-c3nc(-c4ccccc4)nc(-c4cc(-c5ccccc5)nc5c4ccc4cccnc45)n3)cc(C)nc2c1C. The summed E-state index contributed by atoms with van der Waals surface area (Å²) in [5.74, 6) is 1.80. The van der Waals surface area contributed by atoms with Gasteiger partial charge in [-0.25, -0.2) is 19.9 Å². The van der Waals surface area contributed by atoms with E-state index in [9.17, 15) is 0 Å². The molecule has 0 N–H and O–H groups in total. The molecule has 0 bridgehead atoms. The van der Waals surface area contributed by atoms with Gasteiger partial charge in [0.2, 0.25) is 0 Å². The number of hydrogen-bond donors (Lipinski definition) is 0. The number of hydrogen-bond acceptors (Lipinski definition) is 6. The van der Waals surface area contributed by atoms with Gasteiger partial charge < -0.3 is 0 Å². The summed E-state index contributed by atoms with van der Waals surface area (Å²) in [5.41, 5.74) is 10.7. The normalized spacial score (nSPS) is 11.5. The molecule has 4 heterocycles. The van der Waals surface area contributed by atoms with E-state index in [1.54, 1.807) is 0 Å². The number of nitrogens with zero attached hydrogens (tertiary/aromatic N) is 6. The molecule has 6 nitrogen and oxygen atoms in total. The molecule has 0 aliphatic carbocycles. The second-order valence-corrected chi connectivity index (χ2v) is 12.3. The summed E-state index contributed by atoms with van der Waals surface area (Å²) in [6.07, 6.45) is 5.17. The van der Waals surface area contributed by atoms with Crippen LogP contribution in [-0.2, 0) is 6.42 Å². The van der Waals surface area contributed by atoms with Gasteiger partial charge in [0.15, 0.2) is 17.5 Å². The molecule has 0 atom stereocenters. The van der Waals surface area contributed by atoms with Crippen molar-refractivity contribution in [2.75, 3.05) is 0 Å². The first-order valence-corrected chi connectivity index (χ1v) is 16.5. The molecule has 0 saturated heterocycles. The van der Waals surface area contributed by atoms with Crippen LogP contribution < -0.4 is 0 Å². The summed E-state index contributed by atoms with van der Waals surface area (Å²) in [4.78, 5) is 30.5. The lowest BCUT2D eigenvalue weighted by atomic mass is 9.97. The van der Waals surface area contributed by atoms with Crippen LogP contribution in [0.25, 0.3) is 78.1 Å². The highest BCUT2D eigenvalue weighted by Gasteiger charge is 2.20. The minimum absolute atomic E-state index is 0.581. The molecule has 4 aromatic heterocycles. The van der Waals surface area contributed by atoms with E-state index in [4.69, 9.17) is 29.9 Å². The highest BCUT2D eigenvalue weighted by Crippen LogP contribution is 2.36. The molecule has 0 aliphatic heterocycles. The van der Waals surface area contributed by atoms with Crippen LogP contribution in [0.4, 0.5) is 0 Å². The van der Waals surface area contributed by atoms with Crippen molar-refractivity contribution in [3.05, 3.63) is 132 Å². The predicted octanol–water partition coefficient (Wildman–Crippen LogP) is 10.1. The molecule has 0 fully saturated rings. The van der Waals surface area contributed by atoms with Crippen LogP contribution in [0.3, 0.4) is 0 Å². The first-order valence-electron chi connectivity index (χ1n) is 16.5. The number of benzene rings is 4. The second kappa shape index (κ2) is 12.4.